The van der Waals surface area contributed by atoms with Crippen molar-refractivity contribution in [2.75, 3.05) is 0 Å². The molecule has 5 heteroatoms. The molecule has 0 aliphatic carbocycles. The average molecular weight is 329 g/mol. The van der Waals surface area contributed by atoms with Crippen LogP contribution in [0.1, 0.15) is 15.2 Å². The molecule has 0 unspecified atom stereocenters. The lowest BCUT2D eigenvalue weighted by Gasteiger charge is -2.06. The van der Waals surface area contributed by atoms with Crippen molar-refractivity contribution in [3.05, 3.63) is 75.6 Å². The molecule has 0 saturated heterocycles. The van der Waals surface area contributed by atoms with Gasteiger partial charge in [0.05, 0.1) is 11.2 Å². The Balaban J connectivity index is 1.73. The minimum atomic E-state index is -0.115. The van der Waals surface area contributed by atoms with Gasteiger partial charge in [-0.25, -0.2) is 4.98 Å². The van der Waals surface area contributed by atoms with Crippen LogP contribution < -0.4 is 5.32 Å². The highest BCUT2D eigenvalue weighted by atomic mass is 35.5. The molecule has 22 heavy (non-hydrogen) atoms. The summed E-state index contributed by atoms with van der Waals surface area (Å²) in [5, 5.41) is 3.60. The molecule has 0 aliphatic rings. The van der Waals surface area contributed by atoms with Gasteiger partial charge in [0.2, 0.25) is 0 Å². The molecule has 3 rings (SSSR count). The van der Waals surface area contributed by atoms with E-state index in [1.165, 1.54) is 11.3 Å². The van der Waals surface area contributed by atoms with Crippen molar-refractivity contribution in [1.82, 2.24) is 10.3 Å². The summed E-state index contributed by atoms with van der Waals surface area (Å²) in [6, 6.07) is 17.1. The van der Waals surface area contributed by atoms with E-state index in [4.69, 9.17) is 11.6 Å². The molecule has 3 aromatic rings. The molecule has 0 saturated carbocycles. The first-order chi connectivity index (χ1) is 10.7. The van der Waals surface area contributed by atoms with E-state index in [9.17, 15) is 4.79 Å². The number of halogens is 1. The largest absolute Gasteiger partial charge is 0.347 e. The Bertz CT molecular complexity index is 769. The van der Waals surface area contributed by atoms with Crippen LogP contribution in [-0.4, -0.2) is 10.9 Å². The van der Waals surface area contributed by atoms with Gasteiger partial charge in [-0.3, -0.25) is 4.79 Å². The predicted octanol–water partition coefficient (Wildman–Crippen LogP) is 4.39. The number of thiazole rings is 1. The van der Waals surface area contributed by atoms with E-state index in [1.54, 1.807) is 5.51 Å². The topological polar surface area (TPSA) is 42.0 Å². The molecular formula is C17H13ClN2OS. The summed E-state index contributed by atoms with van der Waals surface area (Å²) in [4.78, 5) is 17.3. The van der Waals surface area contributed by atoms with Crippen LogP contribution in [-0.2, 0) is 6.54 Å². The van der Waals surface area contributed by atoms with E-state index in [0.29, 0.717) is 16.4 Å². The number of carbonyl (C=O) groups excluding carboxylic acids is 1. The Morgan fingerprint density at radius 2 is 1.82 bits per heavy atom. The second-order valence-electron chi connectivity index (χ2n) is 4.71. The lowest BCUT2D eigenvalue weighted by atomic mass is 10.1. The number of benzene rings is 2. The van der Waals surface area contributed by atoms with E-state index < -0.39 is 0 Å². The van der Waals surface area contributed by atoms with Gasteiger partial charge in [0, 0.05) is 17.1 Å². The van der Waals surface area contributed by atoms with Gasteiger partial charge >= 0.3 is 0 Å². The Morgan fingerprint density at radius 1 is 1.09 bits per heavy atom. The third kappa shape index (κ3) is 3.35. The van der Waals surface area contributed by atoms with Crippen LogP contribution >= 0.6 is 22.9 Å². The molecule has 1 N–H and O–H groups in total. The van der Waals surface area contributed by atoms with Crippen molar-refractivity contribution in [2.45, 2.75) is 6.54 Å². The van der Waals surface area contributed by atoms with Crippen LogP contribution in [0.3, 0.4) is 0 Å². The van der Waals surface area contributed by atoms with Crippen molar-refractivity contribution < 1.29 is 4.79 Å². The monoisotopic (exact) mass is 328 g/mol. The van der Waals surface area contributed by atoms with Crippen molar-refractivity contribution in [1.29, 1.82) is 0 Å². The zero-order chi connectivity index (χ0) is 15.4. The zero-order valence-electron chi connectivity index (χ0n) is 11.6. The maximum atomic E-state index is 12.4. The van der Waals surface area contributed by atoms with Crippen LogP contribution in [0.4, 0.5) is 0 Å². The Kier molecular flexibility index (Phi) is 4.51. The smallest absolute Gasteiger partial charge is 0.263 e. The molecule has 110 valence electrons. The summed E-state index contributed by atoms with van der Waals surface area (Å²) in [6.07, 6.45) is 0. The van der Waals surface area contributed by atoms with E-state index in [-0.39, 0.29) is 5.91 Å². The van der Waals surface area contributed by atoms with E-state index in [0.717, 1.165) is 16.8 Å². The van der Waals surface area contributed by atoms with E-state index in [2.05, 4.69) is 10.3 Å². The molecule has 0 bridgehead atoms. The molecular weight excluding hydrogens is 316 g/mol. The number of hydrogen-bond donors (Lipinski definition) is 1. The van der Waals surface area contributed by atoms with Gasteiger partial charge in [-0.15, -0.1) is 11.3 Å². The first kappa shape index (κ1) is 14.8. The van der Waals surface area contributed by atoms with Gasteiger partial charge in [-0.2, -0.15) is 0 Å². The molecule has 0 aliphatic heterocycles. The van der Waals surface area contributed by atoms with E-state index in [1.807, 2.05) is 54.6 Å². The van der Waals surface area contributed by atoms with Crippen molar-refractivity contribution in [3.63, 3.8) is 0 Å². The van der Waals surface area contributed by atoms with Crippen molar-refractivity contribution in [3.8, 4) is 11.3 Å². The number of amides is 1. The molecule has 1 aromatic heterocycles. The summed E-state index contributed by atoms with van der Waals surface area (Å²) in [5.74, 6) is -0.115. The number of carbonyl (C=O) groups is 1. The Hall–Kier alpha value is -2.17. The Labute approximate surface area is 137 Å². The zero-order valence-corrected chi connectivity index (χ0v) is 13.2. The first-order valence-corrected chi connectivity index (χ1v) is 8.01. The fraction of sp³-hybridized carbons (Fsp3) is 0.0588. The molecule has 1 heterocycles. The van der Waals surface area contributed by atoms with Crippen molar-refractivity contribution >= 4 is 28.8 Å². The van der Waals surface area contributed by atoms with Crippen molar-refractivity contribution in [2.24, 2.45) is 0 Å². The van der Waals surface area contributed by atoms with Gasteiger partial charge in [0.1, 0.15) is 4.88 Å². The second kappa shape index (κ2) is 6.73. The molecule has 0 atom stereocenters. The second-order valence-corrected chi connectivity index (χ2v) is 6.00. The summed E-state index contributed by atoms with van der Waals surface area (Å²) < 4.78 is 0. The summed E-state index contributed by atoms with van der Waals surface area (Å²) >= 11 is 7.20. The third-order valence-electron chi connectivity index (χ3n) is 3.19. The normalized spacial score (nSPS) is 10.4. The summed E-state index contributed by atoms with van der Waals surface area (Å²) in [5.41, 5.74) is 4.36. The van der Waals surface area contributed by atoms with E-state index >= 15 is 0 Å². The maximum absolute atomic E-state index is 12.4. The number of aromatic nitrogens is 1. The Morgan fingerprint density at radius 3 is 2.55 bits per heavy atom. The number of nitrogens with zero attached hydrogens (tertiary/aromatic N) is 1. The molecule has 3 nitrogen and oxygen atoms in total. The minimum absolute atomic E-state index is 0.115. The molecule has 1 amide bonds. The molecule has 0 fully saturated rings. The summed E-state index contributed by atoms with van der Waals surface area (Å²) in [6.45, 7) is 0.460. The molecule has 0 radical (unpaired) electrons. The van der Waals surface area contributed by atoms with Crippen LogP contribution in [0.5, 0.6) is 0 Å². The quantitative estimate of drug-likeness (QED) is 0.771. The predicted molar refractivity (Wildman–Crippen MR) is 90.2 cm³/mol. The van der Waals surface area contributed by atoms with Crippen LogP contribution in [0.15, 0.2) is 60.1 Å². The average Bonchev–Trinajstić information content (AvgIpc) is 3.04. The SMILES string of the molecule is O=C(NCc1ccc(Cl)cc1)c1scnc1-c1ccccc1. The lowest BCUT2D eigenvalue weighted by molar-refractivity contribution is 0.0955. The maximum Gasteiger partial charge on any atom is 0.263 e. The third-order valence-corrected chi connectivity index (χ3v) is 4.26. The number of rotatable bonds is 4. The van der Waals surface area contributed by atoms with Gasteiger partial charge in [-0.05, 0) is 17.7 Å². The number of hydrogen-bond acceptors (Lipinski definition) is 3. The highest BCUT2D eigenvalue weighted by molar-refractivity contribution is 7.12. The van der Waals surface area contributed by atoms with Crippen LogP contribution in [0.2, 0.25) is 5.02 Å². The molecule has 0 spiro atoms. The fourth-order valence-corrected chi connectivity index (χ4v) is 2.92. The fourth-order valence-electron chi connectivity index (χ4n) is 2.07. The van der Waals surface area contributed by atoms with Gasteiger partial charge in [0.25, 0.3) is 5.91 Å². The highest BCUT2D eigenvalue weighted by Crippen LogP contribution is 2.25. The number of nitrogens with one attached hydrogen (secondary N) is 1. The first-order valence-electron chi connectivity index (χ1n) is 6.75. The van der Waals surface area contributed by atoms with Gasteiger partial charge in [0.15, 0.2) is 0 Å². The highest BCUT2D eigenvalue weighted by Gasteiger charge is 2.15. The minimum Gasteiger partial charge on any atom is -0.347 e. The standard InChI is InChI=1S/C17H13ClN2OS/c18-14-8-6-12(7-9-14)10-19-17(21)16-15(20-11-22-16)13-4-2-1-3-5-13/h1-9,11H,10H2,(H,19,21). The summed E-state index contributed by atoms with van der Waals surface area (Å²) in [7, 11) is 0. The van der Waals surface area contributed by atoms with Gasteiger partial charge in [-0.1, -0.05) is 54.1 Å². The van der Waals surface area contributed by atoms with Gasteiger partial charge < -0.3 is 5.32 Å². The van der Waals surface area contributed by atoms with Crippen LogP contribution in [0.25, 0.3) is 11.3 Å². The lowest BCUT2D eigenvalue weighted by Crippen LogP contribution is -2.22. The molecule has 2 aromatic carbocycles. The van der Waals surface area contributed by atoms with Crippen LogP contribution in [0, 0.1) is 0 Å².